The minimum atomic E-state index is -0.742. The van der Waals surface area contributed by atoms with Gasteiger partial charge < -0.3 is 15.6 Å². The number of nitriles is 1. The number of aliphatic hydroxyl groups excluding tert-OH is 1. The number of hydrogen-bond donors (Lipinski definition) is 2. The lowest BCUT2D eigenvalue weighted by molar-refractivity contribution is 0.186. The highest BCUT2D eigenvalue weighted by Crippen LogP contribution is 2.41. The minimum absolute atomic E-state index is 0.135. The maximum absolute atomic E-state index is 9.86. The molecule has 7 heteroatoms. The SMILES string of the molecule is Cn1nc(C2CC2)cc1Oc1cc(C#N)ccc1-c1ccc([C@@H](O)CN)cn1. The van der Waals surface area contributed by atoms with Crippen LogP contribution >= 0.6 is 0 Å². The monoisotopic (exact) mass is 375 g/mol. The smallest absolute Gasteiger partial charge is 0.217 e. The van der Waals surface area contributed by atoms with Crippen molar-refractivity contribution >= 4 is 0 Å². The highest BCUT2D eigenvalue weighted by Gasteiger charge is 2.27. The van der Waals surface area contributed by atoms with Crippen molar-refractivity contribution in [3.05, 3.63) is 59.4 Å². The zero-order valence-corrected chi connectivity index (χ0v) is 15.5. The van der Waals surface area contributed by atoms with E-state index < -0.39 is 6.10 Å². The predicted molar refractivity (Wildman–Crippen MR) is 104 cm³/mol. The number of nitrogens with zero attached hydrogens (tertiary/aromatic N) is 4. The van der Waals surface area contributed by atoms with Crippen LogP contribution < -0.4 is 10.5 Å². The number of benzene rings is 1. The maximum atomic E-state index is 9.86. The van der Waals surface area contributed by atoms with E-state index in [0.717, 1.165) is 24.1 Å². The molecule has 3 N–H and O–H groups in total. The van der Waals surface area contributed by atoms with Crippen molar-refractivity contribution in [3.63, 3.8) is 0 Å². The van der Waals surface area contributed by atoms with Gasteiger partial charge in [0.05, 0.1) is 29.1 Å². The number of ether oxygens (including phenoxy) is 1. The lowest BCUT2D eigenvalue weighted by atomic mass is 10.1. The van der Waals surface area contributed by atoms with Gasteiger partial charge in [-0.2, -0.15) is 10.4 Å². The molecule has 1 aliphatic rings. The van der Waals surface area contributed by atoms with Crippen molar-refractivity contribution < 1.29 is 9.84 Å². The van der Waals surface area contributed by atoms with Crippen molar-refractivity contribution in [2.45, 2.75) is 24.9 Å². The summed E-state index contributed by atoms with van der Waals surface area (Å²) in [4.78, 5) is 4.44. The van der Waals surface area contributed by atoms with Crippen molar-refractivity contribution in [3.8, 4) is 29.0 Å². The summed E-state index contributed by atoms with van der Waals surface area (Å²) in [5.41, 5.74) is 9.12. The van der Waals surface area contributed by atoms with E-state index in [1.807, 2.05) is 19.2 Å². The number of pyridine rings is 1. The molecule has 28 heavy (non-hydrogen) atoms. The Bertz CT molecular complexity index is 1030. The predicted octanol–water partition coefficient (Wildman–Crippen LogP) is 3.02. The lowest BCUT2D eigenvalue weighted by Gasteiger charge is -2.12. The maximum Gasteiger partial charge on any atom is 0.217 e. The van der Waals surface area contributed by atoms with E-state index in [9.17, 15) is 10.4 Å². The van der Waals surface area contributed by atoms with Gasteiger partial charge in [-0.1, -0.05) is 6.07 Å². The highest BCUT2D eigenvalue weighted by molar-refractivity contribution is 5.69. The molecule has 7 nitrogen and oxygen atoms in total. The first-order chi connectivity index (χ1) is 13.6. The molecule has 1 aliphatic carbocycles. The zero-order chi connectivity index (χ0) is 19.7. The number of aromatic nitrogens is 3. The van der Waals surface area contributed by atoms with Crippen LogP contribution in [0.25, 0.3) is 11.3 Å². The van der Waals surface area contributed by atoms with E-state index in [4.69, 9.17) is 10.5 Å². The molecule has 2 aromatic heterocycles. The molecule has 1 atom stereocenters. The molecular weight excluding hydrogens is 354 g/mol. The number of hydrogen-bond acceptors (Lipinski definition) is 6. The summed E-state index contributed by atoms with van der Waals surface area (Å²) in [6, 6.07) is 12.9. The number of aliphatic hydroxyl groups is 1. The fourth-order valence-electron chi connectivity index (χ4n) is 3.04. The fourth-order valence-corrected chi connectivity index (χ4v) is 3.04. The second kappa shape index (κ2) is 7.43. The molecule has 0 amide bonds. The first kappa shape index (κ1) is 18.2. The van der Waals surface area contributed by atoms with Gasteiger partial charge in [0.1, 0.15) is 5.75 Å². The second-order valence-electron chi connectivity index (χ2n) is 6.96. The van der Waals surface area contributed by atoms with Gasteiger partial charge >= 0.3 is 0 Å². The third-order valence-corrected chi connectivity index (χ3v) is 4.85. The molecule has 1 fully saturated rings. The Balaban J connectivity index is 1.69. The van der Waals surface area contributed by atoms with Crippen LogP contribution in [0.15, 0.2) is 42.6 Å². The van der Waals surface area contributed by atoms with Crippen LogP contribution in [-0.2, 0) is 7.05 Å². The van der Waals surface area contributed by atoms with Gasteiger partial charge in [0.15, 0.2) is 0 Å². The van der Waals surface area contributed by atoms with Crippen molar-refractivity contribution in [1.82, 2.24) is 14.8 Å². The Kier molecular flexibility index (Phi) is 4.82. The van der Waals surface area contributed by atoms with Crippen molar-refractivity contribution in [2.75, 3.05) is 6.54 Å². The molecule has 0 aliphatic heterocycles. The van der Waals surface area contributed by atoms with Crippen LogP contribution in [0.5, 0.6) is 11.6 Å². The van der Waals surface area contributed by atoms with Gasteiger partial charge in [-0.3, -0.25) is 4.98 Å². The first-order valence-corrected chi connectivity index (χ1v) is 9.19. The lowest BCUT2D eigenvalue weighted by Crippen LogP contribution is -2.11. The molecule has 0 spiro atoms. The topological polar surface area (TPSA) is 110 Å². The summed E-state index contributed by atoms with van der Waals surface area (Å²) < 4.78 is 7.85. The Morgan fingerprint density at radius 3 is 2.79 bits per heavy atom. The normalized spacial score (nSPS) is 14.5. The van der Waals surface area contributed by atoms with Gasteiger partial charge in [-0.25, -0.2) is 4.68 Å². The van der Waals surface area contributed by atoms with Crippen LogP contribution in [-0.4, -0.2) is 26.4 Å². The average Bonchev–Trinajstić information content (AvgIpc) is 3.51. The standard InChI is InChI=1S/C21H21N5O2/c1-26-21(9-18(25-26)14-3-4-14)28-20-8-13(10-22)2-6-16(20)17-7-5-15(12-24-17)19(27)11-23/h2,5-9,12,14,19,27H,3-4,11,23H2,1H3/t19-/m0/s1. The van der Waals surface area contributed by atoms with Crippen LogP contribution in [0.1, 0.15) is 41.7 Å². The molecule has 0 radical (unpaired) electrons. The molecule has 4 rings (SSSR count). The van der Waals surface area contributed by atoms with E-state index in [0.29, 0.717) is 34.4 Å². The molecule has 2 heterocycles. The van der Waals surface area contributed by atoms with Crippen LogP contribution in [0.3, 0.4) is 0 Å². The van der Waals surface area contributed by atoms with Gasteiger partial charge in [-0.15, -0.1) is 0 Å². The fraction of sp³-hybridized carbons (Fsp3) is 0.286. The molecule has 0 bridgehead atoms. The zero-order valence-electron chi connectivity index (χ0n) is 15.5. The molecule has 1 aromatic carbocycles. The van der Waals surface area contributed by atoms with E-state index in [1.165, 1.54) is 0 Å². The average molecular weight is 375 g/mol. The molecule has 142 valence electrons. The summed E-state index contributed by atoms with van der Waals surface area (Å²) in [7, 11) is 1.84. The Hall–Kier alpha value is -3.21. The second-order valence-corrected chi connectivity index (χ2v) is 6.96. The Morgan fingerprint density at radius 2 is 2.14 bits per heavy atom. The third-order valence-electron chi connectivity index (χ3n) is 4.85. The third kappa shape index (κ3) is 3.60. The van der Waals surface area contributed by atoms with Crippen LogP contribution in [0.2, 0.25) is 0 Å². The van der Waals surface area contributed by atoms with E-state index >= 15 is 0 Å². The van der Waals surface area contributed by atoms with Crippen molar-refractivity contribution in [1.29, 1.82) is 5.26 Å². The van der Waals surface area contributed by atoms with Crippen molar-refractivity contribution in [2.24, 2.45) is 12.8 Å². The number of aryl methyl sites for hydroxylation is 1. The largest absolute Gasteiger partial charge is 0.439 e. The summed E-state index contributed by atoms with van der Waals surface area (Å²) in [6.07, 6.45) is 3.19. The van der Waals surface area contributed by atoms with E-state index in [1.54, 1.807) is 35.1 Å². The molecule has 3 aromatic rings. The van der Waals surface area contributed by atoms with Crippen LogP contribution in [0.4, 0.5) is 0 Å². The van der Waals surface area contributed by atoms with Gasteiger partial charge in [0, 0.05) is 42.9 Å². The van der Waals surface area contributed by atoms with E-state index in [-0.39, 0.29) is 6.54 Å². The summed E-state index contributed by atoms with van der Waals surface area (Å²) in [5.74, 6) is 1.68. The minimum Gasteiger partial charge on any atom is -0.439 e. The quantitative estimate of drug-likeness (QED) is 0.685. The summed E-state index contributed by atoms with van der Waals surface area (Å²) in [6.45, 7) is 0.135. The Labute approximate surface area is 163 Å². The number of nitrogens with two attached hydrogens (primary N) is 1. The molecular formula is C21H21N5O2. The molecule has 0 unspecified atom stereocenters. The first-order valence-electron chi connectivity index (χ1n) is 9.19. The summed E-state index contributed by atoms with van der Waals surface area (Å²) >= 11 is 0. The van der Waals surface area contributed by atoms with Gasteiger partial charge in [0.25, 0.3) is 0 Å². The number of rotatable bonds is 6. The molecule has 1 saturated carbocycles. The van der Waals surface area contributed by atoms with Gasteiger partial charge in [0.2, 0.25) is 5.88 Å². The Morgan fingerprint density at radius 1 is 1.32 bits per heavy atom. The summed E-state index contributed by atoms with van der Waals surface area (Å²) in [5, 5.41) is 23.7. The van der Waals surface area contributed by atoms with E-state index in [2.05, 4.69) is 16.2 Å². The van der Waals surface area contributed by atoms with Crippen LogP contribution in [0, 0.1) is 11.3 Å². The van der Waals surface area contributed by atoms with Gasteiger partial charge in [-0.05, 0) is 37.1 Å². The molecule has 0 saturated heterocycles. The highest BCUT2D eigenvalue weighted by atomic mass is 16.5.